The van der Waals surface area contributed by atoms with Crippen LogP contribution in [0.5, 0.6) is 28.7 Å². The number of amides is 1. The fourth-order valence-electron chi connectivity index (χ4n) is 4.35. The van der Waals surface area contributed by atoms with E-state index in [-0.39, 0.29) is 47.1 Å². The molecule has 1 amide bonds. The number of ether oxygens (including phenoxy) is 3. The zero-order valence-electron chi connectivity index (χ0n) is 21.9. The van der Waals surface area contributed by atoms with Gasteiger partial charge in [0, 0.05) is 35.6 Å². The maximum atomic E-state index is 12.7. The Morgan fingerprint density at radius 2 is 1.57 bits per heavy atom. The monoisotopic (exact) mass is 565 g/mol. The Bertz CT molecular complexity index is 1480. The summed E-state index contributed by atoms with van der Waals surface area (Å²) in [6.45, 7) is 0.700. The molecule has 0 aromatic heterocycles. The van der Waals surface area contributed by atoms with Crippen LogP contribution in [0.15, 0.2) is 91.0 Å². The third-order valence-corrected chi connectivity index (χ3v) is 6.65. The largest absolute Gasteiger partial charge is 1.00 e. The van der Waals surface area contributed by atoms with Gasteiger partial charge in [-0.1, -0.05) is 48.0 Å². The molecule has 9 heteroatoms. The van der Waals surface area contributed by atoms with Gasteiger partial charge in [0.1, 0.15) is 28.7 Å². The van der Waals surface area contributed by atoms with Gasteiger partial charge in [-0.25, -0.2) is 0 Å². The number of hydrogen-bond donors (Lipinski definition) is 1. The average Bonchev–Trinajstić information content (AvgIpc) is 2.95. The van der Waals surface area contributed by atoms with Crippen molar-refractivity contribution in [2.45, 2.75) is 18.8 Å². The summed E-state index contributed by atoms with van der Waals surface area (Å²) in [7, 11) is 0. The number of para-hydroxylation sites is 2. The van der Waals surface area contributed by atoms with Crippen molar-refractivity contribution in [3.05, 3.63) is 113 Å². The number of halogens is 1. The number of aliphatic carboxylic acids is 1. The first-order chi connectivity index (χ1) is 19.0. The summed E-state index contributed by atoms with van der Waals surface area (Å²) in [5, 5.41) is 14.6. The van der Waals surface area contributed by atoms with Gasteiger partial charge in [0.15, 0.2) is 0 Å². The van der Waals surface area contributed by atoms with E-state index in [9.17, 15) is 14.7 Å². The molecule has 1 unspecified atom stereocenters. The number of benzene rings is 4. The van der Waals surface area contributed by atoms with Crippen LogP contribution in [0, 0.1) is 0 Å². The molecule has 0 aliphatic carbocycles. The number of nitrogens with one attached hydrogen (secondary N) is 1. The van der Waals surface area contributed by atoms with Gasteiger partial charge in [-0.15, -0.1) is 0 Å². The molecule has 1 atom stereocenters. The third kappa shape index (κ3) is 7.17. The summed E-state index contributed by atoms with van der Waals surface area (Å²) in [6.07, 6.45) is 0.928. The van der Waals surface area contributed by atoms with Crippen molar-refractivity contribution in [2.75, 3.05) is 13.2 Å². The van der Waals surface area contributed by atoms with E-state index in [0.717, 1.165) is 17.1 Å². The van der Waals surface area contributed by atoms with Gasteiger partial charge in [-0.05, 0) is 66.9 Å². The molecular formula is C31H25ClNNaO6. The van der Waals surface area contributed by atoms with Crippen LogP contribution < -0.4 is 54.2 Å². The van der Waals surface area contributed by atoms with Crippen LogP contribution in [-0.4, -0.2) is 25.0 Å². The molecule has 1 aliphatic heterocycles. The van der Waals surface area contributed by atoms with Gasteiger partial charge in [0.05, 0.1) is 11.6 Å². The smallest absolute Gasteiger partial charge is 0.549 e. The van der Waals surface area contributed by atoms with Crippen molar-refractivity contribution in [1.82, 2.24) is 5.32 Å². The molecule has 40 heavy (non-hydrogen) atoms. The molecule has 4 aromatic rings. The molecule has 0 saturated heterocycles. The molecule has 1 N–H and O–H groups in total. The first-order valence-electron chi connectivity index (χ1n) is 12.5. The Balaban J connectivity index is 0.00000370. The van der Waals surface area contributed by atoms with Gasteiger partial charge < -0.3 is 29.4 Å². The number of fused-ring (bicyclic) bond motifs is 1. The summed E-state index contributed by atoms with van der Waals surface area (Å²) in [6, 6.07) is 27.1. The molecular weight excluding hydrogens is 541 g/mol. The fourth-order valence-corrected chi connectivity index (χ4v) is 4.56. The Morgan fingerprint density at radius 3 is 2.33 bits per heavy atom. The van der Waals surface area contributed by atoms with Crippen LogP contribution in [-0.2, 0) is 11.2 Å². The minimum atomic E-state index is -1.16. The number of carboxylic acid groups (broad SMARTS) is 1. The SMILES string of the molecule is O=C(NCCc1ccccc1Oc1ccccc1)c1ccc(Oc2cc3c(cc2Cl)C(C(=O)[O-])CCO3)cc1.[Na+]. The molecule has 1 aliphatic rings. The predicted molar refractivity (Wildman–Crippen MR) is 145 cm³/mol. The van der Waals surface area contributed by atoms with Crippen LogP contribution in [0.2, 0.25) is 5.02 Å². The molecule has 0 saturated carbocycles. The van der Waals surface area contributed by atoms with Crippen LogP contribution in [0.3, 0.4) is 0 Å². The molecule has 0 bridgehead atoms. The maximum Gasteiger partial charge on any atom is 1.00 e. The quantitative estimate of drug-likeness (QED) is 0.313. The second-order valence-electron chi connectivity index (χ2n) is 8.98. The number of rotatable bonds is 9. The summed E-state index contributed by atoms with van der Waals surface area (Å²) in [5.41, 5.74) is 1.94. The summed E-state index contributed by atoms with van der Waals surface area (Å²) >= 11 is 6.36. The second-order valence-corrected chi connectivity index (χ2v) is 9.39. The zero-order chi connectivity index (χ0) is 27.2. The van der Waals surface area contributed by atoms with Gasteiger partial charge in [0.2, 0.25) is 0 Å². The van der Waals surface area contributed by atoms with Gasteiger partial charge in [0.25, 0.3) is 5.91 Å². The Kier molecular flexibility index (Phi) is 10.1. The summed E-state index contributed by atoms with van der Waals surface area (Å²) in [4.78, 5) is 24.1. The van der Waals surface area contributed by atoms with Crippen LogP contribution in [0.25, 0.3) is 0 Å². The van der Waals surface area contributed by atoms with E-state index < -0.39 is 11.9 Å². The molecule has 1 heterocycles. The molecule has 5 rings (SSSR count). The van der Waals surface area contributed by atoms with E-state index >= 15 is 0 Å². The van der Waals surface area contributed by atoms with E-state index in [1.807, 2.05) is 54.6 Å². The molecule has 198 valence electrons. The van der Waals surface area contributed by atoms with E-state index in [4.69, 9.17) is 25.8 Å². The van der Waals surface area contributed by atoms with Crippen LogP contribution in [0.1, 0.15) is 33.8 Å². The molecule has 0 fully saturated rings. The van der Waals surface area contributed by atoms with E-state index in [1.165, 1.54) is 6.07 Å². The Morgan fingerprint density at radius 1 is 0.900 bits per heavy atom. The van der Waals surface area contributed by atoms with Crippen molar-refractivity contribution >= 4 is 23.5 Å². The van der Waals surface area contributed by atoms with E-state index in [0.29, 0.717) is 47.8 Å². The minimum Gasteiger partial charge on any atom is -0.549 e. The Hall–Kier alpha value is -3.49. The van der Waals surface area contributed by atoms with Crippen molar-refractivity contribution < 1.29 is 58.5 Å². The van der Waals surface area contributed by atoms with E-state index in [2.05, 4.69) is 5.32 Å². The van der Waals surface area contributed by atoms with Crippen LogP contribution in [0.4, 0.5) is 0 Å². The van der Waals surface area contributed by atoms with Crippen molar-refractivity contribution in [3.63, 3.8) is 0 Å². The predicted octanol–water partition coefficient (Wildman–Crippen LogP) is 2.52. The summed E-state index contributed by atoms with van der Waals surface area (Å²) in [5.74, 6) is 0.544. The molecule has 4 aromatic carbocycles. The molecule has 0 spiro atoms. The molecule has 7 nitrogen and oxygen atoms in total. The van der Waals surface area contributed by atoms with Gasteiger partial charge in [-0.2, -0.15) is 0 Å². The molecule has 0 radical (unpaired) electrons. The second kappa shape index (κ2) is 13.7. The standard InChI is InChI=1S/C31H26ClNO6.Na/c32-26-18-25-24(31(35)36)15-17-37-28(25)19-29(26)39-23-12-10-21(11-13-23)30(34)33-16-14-20-6-4-5-9-27(20)38-22-7-2-1-3-8-22;/h1-13,18-19,24H,14-17H2,(H,33,34)(H,35,36);/q;+1/p-1. The van der Waals surface area contributed by atoms with E-state index in [1.54, 1.807) is 30.3 Å². The maximum absolute atomic E-state index is 12.7. The number of carbonyl (C=O) groups excluding carboxylic acids is 2. The van der Waals surface area contributed by atoms with Crippen molar-refractivity contribution in [1.29, 1.82) is 0 Å². The summed E-state index contributed by atoms with van der Waals surface area (Å²) < 4.78 is 17.5. The van der Waals surface area contributed by atoms with Crippen molar-refractivity contribution in [2.24, 2.45) is 0 Å². The van der Waals surface area contributed by atoms with Crippen LogP contribution >= 0.6 is 11.6 Å². The average molecular weight is 566 g/mol. The number of hydrogen-bond acceptors (Lipinski definition) is 6. The number of carbonyl (C=O) groups is 2. The fraction of sp³-hybridized carbons (Fsp3) is 0.161. The number of carboxylic acids is 1. The third-order valence-electron chi connectivity index (χ3n) is 6.36. The topological polar surface area (TPSA) is 96.9 Å². The van der Waals surface area contributed by atoms with Gasteiger partial charge >= 0.3 is 29.6 Å². The minimum absolute atomic E-state index is 0. The Labute approximate surface area is 259 Å². The first-order valence-corrected chi connectivity index (χ1v) is 12.9. The van der Waals surface area contributed by atoms with Gasteiger partial charge in [-0.3, -0.25) is 4.79 Å². The normalized spacial score (nSPS) is 13.7. The van der Waals surface area contributed by atoms with Crippen molar-refractivity contribution in [3.8, 4) is 28.7 Å². The zero-order valence-corrected chi connectivity index (χ0v) is 24.6. The first kappa shape index (κ1) is 29.5.